The van der Waals surface area contributed by atoms with Gasteiger partial charge in [0, 0.05) is 42.5 Å². The van der Waals surface area contributed by atoms with Crippen LogP contribution >= 0.6 is 11.6 Å². The van der Waals surface area contributed by atoms with Crippen molar-refractivity contribution in [2.24, 2.45) is 5.92 Å². The van der Waals surface area contributed by atoms with Crippen molar-refractivity contribution in [2.75, 3.05) is 18.4 Å². The Labute approximate surface area is 204 Å². The molecule has 1 aromatic carbocycles. The summed E-state index contributed by atoms with van der Waals surface area (Å²) in [4.78, 5) is 34.0. The van der Waals surface area contributed by atoms with Gasteiger partial charge in [0.1, 0.15) is 0 Å². The number of carbonyl (C=O) groups is 2. The molecule has 0 spiro atoms. The van der Waals surface area contributed by atoms with E-state index in [2.05, 4.69) is 20.6 Å². The number of nitrogens with zero attached hydrogens (tertiary/aromatic N) is 3. The van der Waals surface area contributed by atoms with E-state index in [9.17, 15) is 18.0 Å². The summed E-state index contributed by atoms with van der Waals surface area (Å²) in [5.41, 5.74) is 0.0582. The third kappa shape index (κ3) is 5.73. The first-order valence-corrected chi connectivity index (χ1v) is 13.3. The Morgan fingerprint density at radius 1 is 0.941 bits per heavy atom. The fraction of sp³-hybridized carbons (Fsp3) is 0.478. The summed E-state index contributed by atoms with van der Waals surface area (Å²) in [6, 6.07) is 5.86. The highest BCUT2D eigenvalue weighted by molar-refractivity contribution is 7.89. The molecule has 1 saturated carbocycles. The minimum Gasteiger partial charge on any atom is -0.348 e. The van der Waals surface area contributed by atoms with Gasteiger partial charge in [-0.1, -0.05) is 30.9 Å². The van der Waals surface area contributed by atoms with E-state index >= 15 is 0 Å². The number of sulfonamides is 1. The molecule has 1 aromatic heterocycles. The Morgan fingerprint density at radius 3 is 2.26 bits per heavy atom. The molecule has 182 valence electrons. The van der Waals surface area contributed by atoms with Crippen LogP contribution in [0.4, 0.5) is 5.82 Å². The molecule has 4 rings (SSSR count). The third-order valence-electron chi connectivity index (χ3n) is 6.37. The Kier molecular flexibility index (Phi) is 7.80. The van der Waals surface area contributed by atoms with Crippen molar-refractivity contribution >= 4 is 39.3 Å². The van der Waals surface area contributed by atoms with Crippen LogP contribution in [0.1, 0.15) is 55.4 Å². The van der Waals surface area contributed by atoms with Crippen molar-refractivity contribution in [3.8, 4) is 0 Å². The van der Waals surface area contributed by atoms with Crippen molar-refractivity contribution < 1.29 is 18.0 Å². The number of benzene rings is 1. The molecule has 9 nitrogen and oxygen atoms in total. The standard InChI is InChI=1S/C23H28ClN5O4S/c24-17-6-8-19(9-7-17)34(32,33)29-14-10-18(11-15-29)27-23(31)20-21(26-13-12-25-20)28-22(30)16-4-2-1-3-5-16/h6-9,12-13,16,18H,1-5,10-11,14-15H2,(H,27,31)(H,26,28,30). The minimum absolute atomic E-state index is 0.0582. The Balaban J connectivity index is 1.35. The van der Waals surface area contributed by atoms with Crippen LogP contribution in [0.15, 0.2) is 41.6 Å². The van der Waals surface area contributed by atoms with Crippen molar-refractivity contribution in [3.63, 3.8) is 0 Å². The summed E-state index contributed by atoms with van der Waals surface area (Å²) in [5.74, 6) is -0.488. The second kappa shape index (κ2) is 10.8. The summed E-state index contributed by atoms with van der Waals surface area (Å²) < 4.78 is 27.1. The highest BCUT2D eigenvalue weighted by Crippen LogP contribution is 2.25. The second-order valence-electron chi connectivity index (χ2n) is 8.68. The van der Waals surface area contributed by atoms with Crippen LogP contribution in [0.3, 0.4) is 0 Å². The SMILES string of the molecule is O=C(NC1CCN(S(=O)(=O)c2ccc(Cl)cc2)CC1)c1nccnc1NC(=O)C1CCCCC1. The van der Waals surface area contributed by atoms with Crippen molar-refractivity contribution in [1.82, 2.24) is 19.6 Å². The van der Waals surface area contributed by atoms with E-state index in [0.29, 0.717) is 17.9 Å². The zero-order chi connectivity index (χ0) is 24.1. The summed E-state index contributed by atoms with van der Waals surface area (Å²) >= 11 is 5.86. The zero-order valence-corrected chi connectivity index (χ0v) is 20.3. The molecule has 0 bridgehead atoms. The number of amides is 2. The molecule has 2 aliphatic rings. The lowest BCUT2D eigenvalue weighted by Crippen LogP contribution is -2.46. The summed E-state index contributed by atoms with van der Waals surface area (Å²) in [6.45, 7) is 0.559. The average molecular weight is 506 g/mol. The van der Waals surface area contributed by atoms with E-state index in [0.717, 1.165) is 32.1 Å². The van der Waals surface area contributed by atoms with Gasteiger partial charge in [-0.05, 0) is 49.9 Å². The van der Waals surface area contributed by atoms with Crippen molar-refractivity contribution in [2.45, 2.75) is 55.9 Å². The van der Waals surface area contributed by atoms with Gasteiger partial charge in [-0.2, -0.15) is 4.31 Å². The van der Waals surface area contributed by atoms with Gasteiger partial charge in [0.05, 0.1) is 4.90 Å². The van der Waals surface area contributed by atoms with Crippen LogP contribution in [-0.4, -0.2) is 53.6 Å². The Hall–Kier alpha value is -2.56. The first kappa shape index (κ1) is 24.6. The fourth-order valence-electron chi connectivity index (χ4n) is 4.43. The van der Waals surface area contributed by atoms with E-state index in [1.807, 2.05) is 0 Å². The normalized spacial score (nSPS) is 18.4. The molecular formula is C23H28ClN5O4S. The molecule has 2 N–H and O–H groups in total. The Morgan fingerprint density at radius 2 is 1.59 bits per heavy atom. The van der Waals surface area contributed by atoms with Crippen molar-refractivity contribution in [3.05, 3.63) is 47.4 Å². The first-order chi connectivity index (χ1) is 16.3. The highest BCUT2D eigenvalue weighted by Gasteiger charge is 2.31. The number of nitrogens with one attached hydrogen (secondary N) is 2. The highest BCUT2D eigenvalue weighted by atomic mass is 35.5. The number of piperidine rings is 1. The molecule has 34 heavy (non-hydrogen) atoms. The van der Waals surface area contributed by atoms with E-state index in [4.69, 9.17) is 11.6 Å². The Bertz CT molecular complexity index is 1130. The van der Waals surface area contributed by atoms with Crippen LogP contribution in [0.2, 0.25) is 5.02 Å². The predicted octanol–water partition coefficient (Wildman–Crippen LogP) is 3.23. The number of aromatic nitrogens is 2. The van der Waals surface area contributed by atoms with Gasteiger partial charge >= 0.3 is 0 Å². The number of carbonyl (C=O) groups excluding carboxylic acids is 2. The van der Waals surface area contributed by atoms with Gasteiger partial charge in [0.15, 0.2) is 11.5 Å². The summed E-state index contributed by atoms with van der Waals surface area (Å²) in [5, 5.41) is 6.16. The van der Waals surface area contributed by atoms with E-state index in [1.165, 1.54) is 28.8 Å². The third-order valence-corrected chi connectivity index (χ3v) is 8.54. The first-order valence-electron chi connectivity index (χ1n) is 11.5. The predicted molar refractivity (Wildman–Crippen MR) is 128 cm³/mol. The number of anilines is 1. The summed E-state index contributed by atoms with van der Waals surface area (Å²) in [6.07, 6.45) is 8.64. The lowest BCUT2D eigenvalue weighted by Gasteiger charge is -2.31. The summed E-state index contributed by atoms with van der Waals surface area (Å²) in [7, 11) is -3.62. The molecule has 0 atom stereocenters. The molecule has 11 heteroatoms. The molecule has 0 radical (unpaired) electrons. The zero-order valence-electron chi connectivity index (χ0n) is 18.7. The van der Waals surface area contributed by atoms with Gasteiger partial charge in [-0.25, -0.2) is 18.4 Å². The van der Waals surface area contributed by atoms with Gasteiger partial charge in [-0.3, -0.25) is 9.59 Å². The fourth-order valence-corrected chi connectivity index (χ4v) is 6.02. The largest absolute Gasteiger partial charge is 0.348 e. The number of halogens is 1. The van der Waals surface area contributed by atoms with E-state index in [1.54, 1.807) is 12.1 Å². The second-order valence-corrected chi connectivity index (χ2v) is 11.1. The van der Waals surface area contributed by atoms with E-state index < -0.39 is 15.9 Å². The van der Waals surface area contributed by atoms with Crippen LogP contribution in [0.25, 0.3) is 0 Å². The maximum Gasteiger partial charge on any atom is 0.273 e. The molecule has 2 amide bonds. The van der Waals surface area contributed by atoms with Crippen LogP contribution < -0.4 is 10.6 Å². The van der Waals surface area contributed by atoms with E-state index in [-0.39, 0.29) is 47.4 Å². The minimum atomic E-state index is -3.62. The molecule has 1 aliphatic carbocycles. The van der Waals surface area contributed by atoms with Gasteiger partial charge in [-0.15, -0.1) is 0 Å². The van der Waals surface area contributed by atoms with Gasteiger partial charge in [0.2, 0.25) is 15.9 Å². The molecule has 2 fully saturated rings. The van der Waals surface area contributed by atoms with Crippen LogP contribution in [-0.2, 0) is 14.8 Å². The average Bonchev–Trinajstić information content (AvgIpc) is 2.85. The molecule has 1 saturated heterocycles. The lowest BCUT2D eigenvalue weighted by atomic mass is 9.89. The lowest BCUT2D eigenvalue weighted by molar-refractivity contribution is -0.120. The van der Waals surface area contributed by atoms with Crippen LogP contribution in [0.5, 0.6) is 0 Å². The molecule has 1 aliphatic heterocycles. The number of hydrogen-bond acceptors (Lipinski definition) is 6. The van der Waals surface area contributed by atoms with Gasteiger partial charge < -0.3 is 10.6 Å². The monoisotopic (exact) mass is 505 g/mol. The molecule has 2 heterocycles. The topological polar surface area (TPSA) is 121 Å². The molecular weight excluding hydrogens is 478 g/mol. The van der Waals surface area contributed by atoms with Crippen molar-refractivity contribution in [1.29, 1.82) is 0 Å². The van der Waals surface area contributed by atoms with Crippen LogP contribution in [0, 0.1) is 5.92 Å². The molecule has 2 aromatic rings. The smallest absolute Gasteiger partial charge is 0.273 e. The number of hydrogen-bond donors (Lipinski definition) is 2. The molecule has 0 unspecified atom stereocenters. The quantitative estimate of drug-likeness (QED) is 0.621. The van der Waals surface area contributed by atoms with Gasteiger partial charge in [0.25, 0.3) is 5.91 Å². The number of rotatable bonds is 6. The maximum absolute atomic E-state index is 12.9. The maximum atomic E-state index is 12.9.